The molecule has 0 aliphatic rings. The van der Waals surface area contributed by atoms with Crippen molar-refractivity contribution in [2.24, 2.45) is 11.3 Å². The van der Waals surface area contributed by atoms with Crippen LogP contribution in [0, 0.1) is 44.2 Å². The average molecular weight is 1200 g/mol. The molecule has 5 aromatic heterocycles. The first-order valence-electron chi connectivity index (χ1n) is 25.9. The molecule has 10 aromatic rings. The molecule has 0 atom stereocenters. The standard InChI is InChI=1S/C45H43N4O.C20H28GeN.Ir/c1-26(2)36-23-30(29-13-10-9-11-14-29)24-37(27(3)4)40(36)49-41-34-19-17-28(5)46-38(34)21-22-39(41)48-43(49)35-16-12-15-32-33-20-18-31(25-45(6,7)8)47-44(33)50-42(32)35;1-14(2)10-17-12-20(22-13-19(17)21(5,6)7)18-9-8-15(3)11-16(18)4;/h9-15,17-24,26-27H,25H2,1-8H3;8,11-14H,10H2,1-7H3;/q2*-1;. The van der Waals surface area contributed by atoms with Crippen LogP contribution in [0.1, 0.15) is 113 Å². The first-order valence-corrected chi connectivity index (χ1v) is 33.2. The normalized spacial score (nSPS) is 12.1. The Morgan fingerprint density at radius 2 is 1.37 bits per heavy atom. The van der Waals surface area contributed by atoms with E-state index in [4.69, 9.17) is 24.4 Å². The molecule has 0 saturated carbocycles. The quantitative estimate of drug-likeness (QED) is 0.101. The number of hydrogen-bond donors (Lipinski definition) is 0. The molecule has 5 aromatic carbocycles. The second-order valence-corrected chi connectivity index (χ2v) is 33.9. The van der Waals surface area contributed by atoms with Gasteiger partial charge in [0, 0.05) is 48.0 Å². The number of furan rings is 1. The number of hydrogen-bond acceptors (Lipinski definition) is 5. The molecule has 5 heterocycles. The molecule has 8 heteroatoms. The van der Waals surface area contributed by atoms with Crippen LogP contribution in [0.3, 0.4) is 0 Å². The van der Waals surface area contributed by atoms with E-state index in [0.29, 0.717) is 11.6 Å². The summed E-state index contributed by atoms with van der Waals surface area (Å²) in [5.74, 6) is 9.29. The summed E-state index contributed by atoms with van der Waals surface area (Å²) < 4.78 is 10.6. The molecule has 0 amide bonds. The van der Waals surface area contributed by atoms with E-state index in [9.17, 15) is 0 Å². The van der Waals surface area contributed by atoms with Crippen molar-refractivity contribution >= 4 is 61.7 Å². The largest absolute Gasteiger partial charge is 0.486 e. The number of nitrogens with zero attached hydrogens (tertiary/aromatic N) is 5. The van der Waals surface area contributed by atoms with Crippen molar-refractivity contribution in [2.45, 2.75) is 125 Å². The van der Waals surface area contributed by atoms with Crippen LogP contribution < -0.4 is 4.40 Å². The molecule has 377 valence electrons. The summed E-state index contributed by atoms with van der Waals surface area (Å²) in [7, 11) is 0. The molecule has 0 N–H and O–H groups in total. The topological polar surface area (TPSA) is 69.6 Å². The van der Waals surface area contributed by atoms with E-state index < -0.39 is 13.3 Å². The van der Waals surface area contributed by atoms with Gasteiger partial charge in [0.1, 0.15) is 0 Å². The zero-order chi connectivity index (χ0) is 51.4. The second-order valence-electron chi connectivity index (χ2n) is 23.3. The van der Waals surface area contributed by atoms with E-state index in [-0.39, 0.29) is 37.4 Å². The molecular formula is C65H71GeIrN5O-2. The van der Waals surface area contributed by atoms with Crippen molar-refractivity contribution in [2.75, 3.05) is 0 Å². The number of rotatable bonds is 10. The van der Waals surface area contributed by atoms with Gasteiger partial charge in [-0.25, -0.2) is 4.98 Å². The predicted molar refractivity (Wildman–Crippen MR) is 307 cm³/mol. The van der Waals surface area contributed by atoms with Crippen molar-refractivity contribution in [1.82, 2.24) is 24.5 Å². The number of benzene rings is 5. The molecular weight excluding hydrogens is 1130 g/mol. The van der Waals surface area contributed by atoms with Gasteiger partial charge in [0.15, 0.2) is 0 Å². The van der Waals surface area contributed by atoms with Gasteiger partial charge in [-0.2, -0.15) is 0 Å². The smallest absolute Gasteiger partial charge is 0.216 e. The number of aromatic nitrogens is 5. The van der Waals surface area contributed by atoms with Crippen molar-refractivity contribution < 1.29 is 24.5 Å². The van der Waals surface area contributed by atoms with Crippen LogP contribution in [-0.4, -0.2) is 37.8 Å². The molecule has 0 unspecified atom stereocenters. The van der Waals surface area contributed by atoms with E-state index in [1.807, 2.05) is 13.0 Å². The van der Waals surface area contributed by atoms with Gasteiger partial charge in [-0.3, -0.25) is 9.97 Å². The fraction of sp³-hybridized carbons (Fsp3) is 0.323. The Hall–Kier alpha value is -5.73. The number of imidazole rings is 1. The predicted octanol–water partition coefficient (Wildman–Crippen LogP) is 17.1. The maximum absolute atomic E-state index is 6.71. The minimum absolute atomic E-state index is 0. The van der Waals surface area contributed by atoms with Gasteiger partial charge in [-0.1, -0.05) is 89.7 Å². The molecule has 0 saturated heterocycles. The SMILES string of the molecule is Cc1c[c-]c(-c2cc(CC(C)C)[c]([Ge]([CH3])([CH3])[CH3])cn2)c(C)c1.Cc1ccc2c(ccc3nc(-c4[c-]ccc5c4oc4nc(CC(C)(C)C)ccc45)n(-c4c(C(C)C)cc(-c5ccccc5)cc4C(C)C)c32)n1.[Ir]. The van der Waals surface area contributed by atoms with E-state index >= 15 is 0 Å². The minimum atomic E-state index is -1.89. The molecule has 0 aliphatic carbocycles. The van der Waals surface area contributed by atoms with Gasteiger partial charge in [-0.15, -0.1) is 18.2 Å². The fourth-order valence-corrected chi connectivity index (χ4v) is 13.6. The molecule has 10 rings (SSSR count). The molecule has 73 heavy (non-hydrogen) atoms. The second kappa shape index (κ2) is 21.2. The van der Waals surface area contributed by atoms with Gasteiger partial charge < -0.3 is 8.98 Å². The molecule has 0 aliphatic heterocycles. The van der Waals surface area contributed by atoms with Gasteiger partial charge in [0.2, 0.25) is 5.71 Å². The van der Waals surface area contributed by atoms with E-state index in [0.717, 1.165) is 90.9 Å². The summed E-state index contributed by atoms with van der Waals surface area (Å²) in [5.41, 5.74) is 19.6. The maximum Gasteiger partial charge on any atom is 0.216 e. The molecule has 6 nitrogen and oxygen atoms in total. The van der Waals surface area contributed by atoms with E-state index in [2.05, 4.69) is 219 Å². The van der Waals surface area contributed by atoms with Crippen LogP contribution in [0.15, 0.2) is 120 Å². The van der Waals surface area contributed by atoms with Crippen LogP contribution >= 0.6 is 0 Å². The Morgan fingerprint density at radius 1 is 0.685 bits per heavy atom. The summed E-state index contributed by atoms with van der Waals surface area (Å²) in [6, 6.07) is 45.9. The molecule has 0 fully saturated rings. The van der Waals surface area contributed by atoms with E-state index in [1.54, 1.807) is 4.40 Å². The summed E-state index contributed by atoms with van der Waals surface area (Å²) in [6.45, 7) is 26.7. The van der Waals surface area contributed by atoms with Crippen LogP contribution in [0.5, 0.6) is 0 Å². The van der Waals surface area contributed by atoms with Crippen LogP contribution in [0.25, 0.3) is 83.5 Å². The van der Waals surface area contributed by atoms with Crippen LogP contribution in [-0.2, 0) is 32.9 Å². The Labute approximate surface area is 450 Å². The van der Waals surface area contributed by atoms with Crippen LogP contribution in [0.2, 0.25) is 17.3 Å². The maximum atomic E-state index is 6.71. The molecule has 0 spiro atoms. The van der Waals surface area contributed by atoms with Gasteiger partial charge >= 0.3 is 138 Å². The van der Waals surface area contributed by atoms with Crippen molar-refractivity contribution in [3.05, 3.63) is 167 Å². The summed E-state index contributed by atoms with van der Waals surface area (Å²) in [4.78, 5) is 20.2. The zero-order valence-corrected chi connectivity index (χ0v) is 50.1. The Balaban J connectivity index is 0.000000260. The van der Waals surface area contributed by atoms with Gasteiger partial charge in [-0.05, 0) is 101 Å². The van der Waals surface area contributed by atoms with Gasteiger partial charge in [0.05, 0.1) is 28.0 Å². The number of pyridine rings is 3. The summed E-state index contributed by atoms with van der Waals surface area (Å²) >= 11 is -1.89. The third-order valence-corrected chi connectivity index (χ3v) is 18.0. The fourth-order valence-electron chi connectivity index (χ4n) is 10.3. The Kier molecular flexibility index (Phi) is 15.6. The van der Waals surface area contributed by atoms with Crippen LogP contribution in [0.4, 0.5) is 0 Å². The minimum Gasteiger partial charge on any atom is -0.486 e. The third-order valence-electron chi connectivity index (χ3n) is 13.6. The van der Waals surface area contributed by atoms with E-state index in [1.165, 1.54) is 38.9 Å². The third kappa shape index (κ3) is 11.2. The molecule has 0 bridgehead atoms. The Morgan fingerprint density at radius 3 is 2.01 bits per heavy atom. The number of fused-ring (bicyclic) bond motifs is 6. The van der Waals surface area contributed by atoms with Crippen molar-refractivity contribution in [1.29, 1.82) is 0 Å². The first kappa shape index (κ1) is 53.6. The average Bonchev–Trinajstić information content (AvgIpc) is 3.89. The monoisotopic (exact) mass is 1200 g/mol. The number of aryl methyl sites for hydroxylation is 3. The first-order chi connectivity index (χ1) is 34.1. The Bertz CT molecular complexity index is 3600. The summed E-state index contributed by atoms with van der Waals surface area (Å²) in [5, 5.41) is 3.07. The zero-order valence-electron chi connectivity index (χ0n) is 45.6. The summed E-state index contributed by atoms with van der Waals surface area (Å²) in [6.07, 6.45) is 4.16. The van der Waals surface area contributed by atoms with Gasteiger partial charge in [0.25, 0.3) is 0 Å². The van der Waals surface area contributed by atoms with Crippen molar-refractivity contribution in [3.8, 4) is 39.5 Å². The molecule has 1 radical (unpaired) electrons. The van der Waals surface area contributed by atoms with Crippen molar-refractivity contribution in [3.63, 3.8) is 0 Å².